The summed E-state index contributed by atoms with van der Waals surface area (Å²) in [6, 6.07) is 4.28. The van der Waals surface area contributed by atoms with E-state index in [-0.39, 0.29) is 31.3 Å². The van der Waals surface area contributed by atoms with Crippen molar-refractivity contribution in [2.24, 2.45) is 0 Å². The molecule has 5 heterocycles. The van der Waals surface area contributed by atoms with Gasteiger partial charge in [0.1, 0.15) is 17.7 Å². The Labute approximate surface area is 181 Å². The number of aromatic nitrogens is 6. The minimum absolute atomic E-state index is 0.0378. The third-order valence-corrected chi connectivity index (χ3v) is 5.70. The van der Waals surface area contributed by atoms with Gasteiger partial charge in [0.15, 0.2) is 11.5 Å². The molecule has 0 radical (unpaired) electrons. The summed E-state index contributed by atoms with van der Waals surface area (Å²) in [5, 5.41) is 7.09. The van der Waals surface area contributed by atoms with Crippen molar-refractivity contribution in [2.45, 2.75) is 24.9 Å². The molecule has 0 aliphatic carbocycles. The number of nitrogens with two attached hydrogens (primary N) is 1. The van der Waals surface area contributed by atoms with Gasteiger partial charge in [-0.2, -0.15) is 4.98 Å². The van der Waals surface area contributed by atoms with Crippen molar-refractivity contribution < 1.29 is 13.2 Å². The molecule has 1 aliphatic rings. The van der Waals surface area contributed by atoms with E-state index >= 15 is 0 Å². The van der Waals surface area contributed by atoms with Crippen LogP contribution in [-0.2, 0) is 6.54 Å². The second kappa shape index (κ2) is 7.62. The number of nitrogen functional groups attached to an aromatic ring is 1. The highest BCUT2D eigenvalue weighted by atomic mass is 19.3. The molecule has 5 rings (SSSR count). The van der Waals surface area contributed by atoms with E-state index in [4.69, 9.17) is 5.73 Å². The Morgan fingerprint density at radius 1 is 1.25 bits per heavy atom. The van der Waals surface area contributed by atoms with Crippen LogP contribution in [0.2, 0.25) is 0 Å². The summed E-state index contributed by atoms with van der Waals surface area (Å²) in [5.74, 6) is -2.74. The predicted octanol–water partition coefficient (Wildman–Crippen LogP) is 2.44. The molecule has 1 saturated heterocycles. The van der Waals surface area contributed by atoms with E-state index in [0.29, 0.717) is 34.5 Å². The Morgan fingerprint density at radius 2 is 2.09 bits per heavy atom. The Morgan fingerprint density at radius 3 is 2.88 bits per heavy atom. The second-order valence-corrected chi connectivity index (χ2v) is 7.99. The number of hydrogen-bond acceptors (Lipinski definition) is 7. The van der Waals surface area contributed by atoms with Crippen LogP contribution in [0, 0.1) is 0 Å². The predicted molar refractivity (Wildman–Crippen MR) is 114 cm³/mol. The molecule has 0 amide bonds. The summed E-state index contributed by atoms with van der Waals surface area (Å²) in [6.45, 7) is -0.153. The molecular formula is C20H22F3N9. The van der Waals surface area contributed by atoms with Gasteiger partial charge in [0, 0.05) is 18.3 Å². The zero-order valence-corrected chi connectivity index (χ0v) is 17.3. The molecule has 168 valence electrons. The Balaban J connectivity index is 1.49. The molecule has 1 aliphatic heterocycles. The number of pyridine rings is 1. The number of likely N-dealkylation sites (tertiary alicyclic amines) is 1. The van der Waals surface area contributed by atoms with Crippen LogP contribution < -0.4 is 11.1 Å². The molecule has 3 N–H and O–H groups in total. The zero-order valence-electron chi connectivity index (χ0n) is 17.3. The monoisotopic (exact) mass is 445 g/mol. The fourth-order valence-corrected chi connectivity index (χ4v) is 4.11. The SMILES string of the molecule is CN1CC[C@@H](Nc2nc(N)c3c(-c4ccc5ncn(CCF)c5n4)ccn3n2)C(F)(F)C1. The van der Waals surface area contributed by atoms with Crippen LogP contribution in [0.15, 0.2) is 30.7 Å². The lowest BCUT2D eigenvalue weighted by Crippen LogP contribution is -2.53. The van der Waals surface area contributed by atoms with Gasteiger partial charge in [-0.05, 0) is 31.7 Å². The van der Waals surface area contributed by atoms with Crippen molar-refractivity contribution in [1.29, 1.82) is 0 Å². The summed E-state index contributed by atoms with van der Waals surface area (Å²) in [4.78, 5) is 14.7. The van der Waals surface area contributed by atoms with Crippen molar-refractivity contribution in [1.82, 2.24) is 34.0 Å². The Bertz CT molecular complexity index is 1280. The van der Waals surface area contributed by atoms with Crippen LogP contribution in [0.25, 0.3) is 27.9 Å². The third kappa shape index (κ3) is 3.49. The van der Waals surface area contributed by atoms with Crippen molar-refractivity contribution in [3.05, 3.63) is 30.7 Å². The molecule has 9 nitrogen and oxygen atoms in total. The van der Waals surface area contributed by atoms with E-state index in [1.807, 2.05) is 0 Å². The Kier molecular flexibility index (Phi) is 4.88. The van der Waals surface area contributed by atoms with Gasteiger partial charge in [-0.25, -0.2) is 27.7 Å². The smallest absolute Gasteiger partial charge is 0.280 e. The first-order valence-corrected chi connectivity index (χ1v) is 10.2. The summed E-state index contributed by atoms with van der Waals surface area (Å²) in [6.07, 6.45) is 3.48. The molecule has 0 bridgehead atoms. The first-order chi connectivity index (χ1) is 15.4. The summed E-state index contributed by atoms with van der Waals surface area (Å²) >= 11 is 0. The van der Waals surface area contributed by atoms with Crippen LogP contribution in [0.5, 0.6) is 0 Å². The van der Waals surface area contributed by atoms with Crippen molar-refractivity contribution in [3.8, 4) is 11.3 Å². The van der Waals surface area contributed by atoms with Crippen LogP contribution in [0.3, 0.4) is 0 Å². The van der Waals surface area contributed by atoms with Gasteiger partial charge in [-0.15, -0.1) is 5.10 Å². The fourth-order valence-electron chi connectivity index (χ4n) is 4.11. The highest BCUT2D eigenvalue weighted by Crippen LogP contribution is 2.31. The molecule has 0 unspecified atom stereocenters. The molecular weight excluding hydrogens is 423 g/mol. The topological polar surface area (TPSA) is 102 Å². The number of alkyl halides is 3. The first kappa shape index (κ1) is 20.5. The third-order valence-electron chi connectivity index (χ3n) is 5.70. The van der Waals surface area contributed by atoms with Crippen molar-refractivity contribution in [3.63, 3.8) is 0 Å². The van der Waals surface area contributed by atoms with E-state index in [1.54, 1.807) is 47.2 Å². The molecule has 4 aromatic heterocycles. The van der Waals surface area contributed by atoms with Crippen molar-refractivity contribution in [2.75, 3.05) is 37.9 Å². The number of halogens is 3. The molecule has 32 heavy (non-hydrogen) atoms. The Hall–Kier alpha value is -3.41. The summed E-state index contributed by atoms with van der Waals surface area (Å²) < 4.78 is 44.8. The van der Waals surface area contributed by atoms with Crippen LogP contribution >= 0.6 is 0 Å². The summed E-state index contributed by atoms with van der Waals surface area (Å²) in [7, 11) is 1.67. The lowest BCUT2D eigenvalue weighted by atomic mass is 10.0. The minimum Gasteiger partial charge on any atom is -0.382 e. The molecule has 0 saturated carbocycles. The first-order valence-electron chi connectivity index (χ1n) is 10.2. The van der Waals surface area contributed by atoms with Crippen molar-refractivity contribution >= 4 is 28.4 Å². The lowest BCUT2D eigenvalue weighted by molar-refractivity contribution is -0.0675. The van der Waals surface area contributed by atoms with Gasteiger partial charge in [0.25, 0.3) is 5.92 Å². The van der Waals surface area contributed by atoms with Gasteiger partial charge < -0.3 is 20.5 Å². The van der Waals surface area contributed by atoms with Crippen LogP contribution in [0.1, 0.15) is 6.42 Å². The number of imidazole rings is 1. The van der Waals surface area contributed by atoms with Gasteiger partial charge in [-0.3, -0.25) is 0 Å². The quantitative estimate of drug-likeness (QED) is 0.487. The van der Waals surface area contributed by atoms with E-state index in [1.165, 1.54) is 4.52 Å². The van der Waals surface area contributed by atoms with Gasteiger partial charge in [0.05, 0.1) is 31.2 Å². The van der Waals surface area contributed by atoms with E-state index in [9.17, 15) is 13.2 Å². The number of fused-ring (bicyclic) bond motifs is 2. The lowest BCUT2D eigenvalue weighted by Gasteiger charge is -2.36. The van der Waals surface area contributed by atoms with Crippen LogP contribution in [-0.4, -0.2) is 72.8 Å². The van der Waals surface area contributed by atoms with E-state index in [0.717, 1.165) is 0 Å². The molecule has 12 heteroatoms. The number of hydrogen-bond donors (Lipinski definition) is 2. The minimum atomic E-state index is -2.91. The normalized spacial score (nSPS) is 19.1. The molecule has 0 aromatic carbocycles. The maximum absolute atomic E-state index is 14.4. The molecule has 1 fully saturated rings. The van der Waals surface area contributed by atoms with E-state index in [2.05, 4.69) is 25.4 Å². The number of anilines is 2. The van der Waals surface area contributed by atoms with Crippen LogP contribution in [0.4, 0.5) is 24.9 Å². The number of nitrogens with zero attached hydrogens (tertiary/aromatic N) is 7. The number of aryl methyl sites for hydroxylation is 1. The molecule has 1 atom stereocenters. The largest absolute Gasteiger partial charge is 0.382 e. The van der Waals surface area contributed by atoms with Gasteiger partial charge >= 0.3 is 0 Å². The highest BCUT2D eigenvalue weighted by molar-refractivity contribution is 5.88. The maximum atomic E-state index is 14.4. The molecule has 0 spiro atoms. The van der Waals surface area contributed by atoms with Gasteiger partial charge in [-0.1, -0.05) is 0 Å². The fraction of sp³-hybridized carbons (Fsp3) is 0.400. The average Bonchev–Trinajstić information content (AvgIpc) is 3.34. The van der Waals surface area contributed by atoms with E-state index < -0.39 is 18.6 Å². The average molecular weight is 445 g/mol. The summed E-state index contributed by atoms with van der Waals surface area (Å²) in [5.41, 5.74) is 9.19. The number of piperidine rings is 1. The molecule has 4 aromatic rings. The standard InChI is InChI=1S/C20H22F3N9/c1-30-7-5-15(20(22,23)10-30)27-19-28-17(24)16-12(4-8-32(16)29-19)13-2-3-14-18(26-13)31(9-6-21)11-25-14/h2-4,8,11,15H,5-7,9-10H2,1H3,(H3,24,27,28,29)/t15-/m1/s1. The maximum Gasteiger partial charge on any atom is 0.280 e. The second-order valence-electron chi connectivity index (χ2n) is 7.99. The number of rotatable bonds is 5. The van der Waals surface area contributed by atoms with Gasteiger partial charge in [0.2, 0.25) is 5.95 Å². The number of nitrogens with one attached hydrogen (secondary N) is 1. The zero-order chi connectivity index (χ0) is 22.5. The highest BCUT2D eigenvalue weighted by Gasteiger charge is 2.44.